The van der Waals surface area contributed by atoms with E-state index in [1.807, 2.05) is 6.07 Å². The molecule has 0 saturated carbocycles. The number of pyridine rings is 1. The summed E-state index contributed by atoms with van der Waals surface area (Å²) in [4.78, 5) is 0. The Morgan fingerprint density at radius 1 is 0.958 bits per heavy atom. The lowest BCUT2D eigenvalue weighted by atomic mass is 9.99. The van der Waals surface area contributed by atoms with Crippen LogP contribution in [0.4, 0.5) is 0 Å². The molecule has 0 unspecified atom stereocenters. The second kappa shape index (κ2) is 4.94. The lowest BCUT2D eigenvalue weighted by Crippen LogP contribution is -2.31. The molecule has 0 spiro atoms. The molecule has 0 radical (unpaired) electrons. The maximum absolute atomic E-state index is 6.28. The Balaban J connectivity index is 1.88. The molecular weight excluding hydrogens is 294 g/mol. The minimum atomic E-state index is 0.961. The molecule has 1 aliphatic rings. The van der Waals surface area contributed by atoms with E-state index < -0.39 is 0 Å². The van der Waals surface area contributed by atoms with Crippen LogP contribution < -0.4 is 4.57 Å². The minimum Gasteiger partial charge on any atom is -0.455 e. The predicted octanol–water partition coefficient (Wildman–Crippen LogP) is 4.87. The predicted molar refractivity (Wildman–Crippen MR) is 97.1 cm³/mol. The fourth-order valence-corrected chi connectivity index (χ4v) is 4.13. The van der Waals surface area contributed by atoms with Gasteiger partial charge in [0.2, 0.25) is 5.69 Å². The zero-order chi connectivity index (χ0) is 16.3. The molecule has 0 amide bonds. The van der Waals surface area contributed by atoms with Gasteiger partial charge in [-0.1, -0.05) is 30.3 Å². The normalized spacial score (nSPS) is 13.8. The van der Waals surface area contributed by atoms with Gasteiger partial charge in [0.15, 0.2) is 6.20 Å². The number of hydrogen-bond donors (Lipinski definition) is 0. The molecule has 2 heteroatoms. The molecule has 0 bridgehead atoms. The van der Waals surface area contributed by atoms with Crippen LogP contribution in [0.15, 0.2) is 53.1 Å². The van der Waals surface area contributed by atoms with Gasteiger partial charge in [0.25, 0.3) is 0 Å². The van der Waals surface area contributed by atoms with Crippen molar-refractivity contribution >= 4 is 21.9 Å². The van der Waals surface area contributed by atoms with E-state index in [1.165, 1.54) is 58.0 Å². The standard InChI is InChI=1S/C22H20NO/c1-14-10-11-18-17-8-3-4-9-20(17)24-22(18)21(14)19-12-15-6-5-7-16(15)13-23(19)2/h3-4,8-13H,5-7H2,1-2H3/q+1. The zero-order valence-electron chi connectivity index (χ0n) is 14.1. The molecule has 2 nitrogen and oxygen atoms in total. The van der Waals surface area contributed by atoms with E-state index in [0.29, 0.717) is 0 Å². The topological polar surface area (TPSA) is 17.0 Å². The Morgan fingerprint density at radius 2 is 1.79 bits per heavy atom. The second-order valence-corrected chi connectivity index (χ2v) is 6.91. The van der Waals surface area contributed by atoms with Crippen molar-refractivity contribution in [2.45, 2.75) is 26.2 Å². The third kappa shape index (κ3) is 1.86. The summed E-state index contributed by atoms with van der Waals surface area (Å²) in [6.45, 7) is 2.18. The van der Waals surface area contributed by atoms with Crippen molar-refractivity contribution < 1.29 is 8.98 Å². The summed E-state index contributed by atoms with van der Waals surface area (Å²) in [6.07, 6.45) is 5.97. The van der Waals surface area contributed by atoms with Gasteiger partial charge in [-0.05, 0) is 43.4 Å². The lowest BCUT2D eigenvalue weighted by molar-refractivity contribution is -0.660. The molecule has 0 saturated heterocycles. The van der Waals surface area contributed by atoms with Crippen molar-refractivity contribution in [1.82, 2.24) is 0 Å². The van der Waals surface area contributed by atoms with Gasteiger partial charge in [0.1, 0.15) is 18.2 Å². The molecule has 1 aliphatic carbocycles. The molecular formula is C22H20NO+. The Bertz CT molecular complexity index is 1100. The van der Waals surface area contributed by atoms with Gasteiger partial charge in [-0.15, -0.1) is 0 Å². The van der Waals surface area contributed by atoms with Crippen LogP contribution in [0.25, 0.3) is 33.2 Å². The second-order valence-electron chi connectivity index (χ2n) is 6.91. The molecule has 0 aliphatic heterocycles. The summed E-state index contributed by atoms with van der Waals surface area (Å²) < 4.78 is 8.54. The average Bonchev–Trinajstić information content (AvgIpc) is 3.17. The molecule has 0 fully saturated rings. The Labute approximate surface area is 141 Å². The van der Waals surface area contributed by atoms with E-state index in [4.69, 9.17) is 4.42 Å². The van der Waals surface area contributed by atoms with Crippen LogP contribution in [0, 0.1) is 6.92 Å². The van der Waals surface area contributed by atoms with Gasteiger partial charge in [-0.2, -0.15) is 0 Å². The molecule has 5 rings (SSSR count). The number of aromatic nitrogens is 1. The van der Waals surface area contributed by atoms with Crippen molar-refractivity contribution in [2.24, 2.45) is 7.05 Å². The Morgan fingerprint density at radius 3 is 2.71 bits per heavy atom. The number of furan rings is 1. The van der Waals surface area contributed by atoms with Gasteiger partial charge in [0, 0.05) is 22.4 Å². The Kier molecular flexibility index (Phi) is 2.84. The van der Waals surface area contributed by atoms with Crippen molar-refractivity contribution in [3.8, 4) is 11.3 Å². The molecule has 118 valence electrons. The molecule has 0 atom stereocenters. The monoisotopic (exact) mass is 314 g/mol. The smallest absolute Gasteiger partial charge is 0.216 e. The number of benzene rings is 2. The van der Waals surface area contributed by atoms with Crippen LogP contribution in [0.3, 0.4) is 0 Å². The SMILES string of the molecule is Cc1ccc2c(oc3ccccc32)c1-c1cc2c(c[n+]1C)CCC2. The highest BCUT2D eigenvalue weighted by Crippen LogP contribution is 2.37. The fourth-order valence-electron chi connectivity index (χ4n) is 4.13. The van der Waals surface area contributed by atoms with Crippen LogP contribution >= 0.6 is 0 Å². The average molecular weight is 314 g/mol. The number of para-hydroxylation sites is 1. The van der Waals surface area contributed by atoms with E-state index in [0.717, 1.165) is 11.2 Å². The van der Waals surface area contributed by atoms with Gasteiger partial charge in [-0.25, -0.2) is 4.57 Å². The lowest BCUT2D eigenvalue weighted by Gasteiger charge is -2.07. The number of nitrogens with zero attached hydrogens (tertiary/aromatic N) is 1. The van der Waals surface area contributed by atoms with Gasteiger partial charge >= 0.3 is 0 Å². The summed E-state index contributed by atoms with van der Waals surface area (Å²) in [5, 5.41) is 2.39. The first-order valence-corrected chi connectivity index (χ1v) is 8.65. The van der Waals surface area contributed by atoms with E-state index in [2.05, 4.69) is 61.1 Å². The van der Waals surface area contributed by atoms with Crippen LogP contribution in [-0.4, -0.2) is 0 Å². The number of hydrogen-bond acceptors (Lipinski definition) is 1. The van der Waals surface area contributed by atoms with Gasteiger partial charge in [-0.3, -0.25) is 0 Å². The highest BCUT2D eigenvalue weighted by atomic mass is 16.3. The largest absolute Gasteiger partial charge is 0.455 e. The quantitative estimate of drug-likeness (QED) is 0.458. The molecule has 2 heterocycles. The zero-order valence-corrected chi connectivity index (χ0v) is 14.1. The summed E-state index contributed by atoms with van der Waals surface area (Å²) in [6, 6.07) is 15.1. The van der Waals surface area contributed by atoms with Crippen molar-refractivity contribution in [2.75, 3.05) is 0 Å². The van der Waals surface area contributed by atoms with Crippen LogP contribution in [0.5, 0.6) is 0 Å². The number of aryl methyl sites for hydroxylation is 4. The molecule has 4 aromatic rings. The van der Waals surface area contributed by atoms with Gasteiger partial charge in [0.05, 0.1) is 5.56 Å². The maximum atomic E-state index is 6.28. The highest BCUT2D eigenvalue weighted by Gasteiger charge is 2.24. The molecule has 0 N–H and O–H groups in total. The van der Waals surface area contributed by atoms with E-state index >= 15 is 0 Å². The summed E-state index contributed by atoms with van der Waals surface area (Å²) in [5.74, 6) is 0. The van der Waals surface area contributed by atoms with Crippen molar-refractivity contribution in [1.29, 1.82) is 0 Å². The minimum absolute atomic E-state index is 0.961. The van der Waals surface area contributed by atoms with E-state index in [1.54, 1.807) is 0 Å². The molecule has 2 aromatic heterocycles. The third-order valence-electron chi connectivity index (χ3n) is 5.36. The third-order valence-corrected chi connectivity index (χ3v) is 5.36. The van der Waals surface area contributed by atoms with Crippen molar-refractivity contribution in [3.63, 3.8) is 0 Å². The first-order valence-electron chi connectivity index (χ1n) is 8.65. The van der Waals surface area contributed by atoms with Crippen molar-refractivity contribution in [3.05, 3.63) is 65.4 Å². The van der Waals surface area contributed by atoms with Crippen LogP contribution in [-0.2, 0) is 19.9 Å². The first kappa shape index (κ1) is 13.8. The van der Waals surface area contributed by atoms with E-state index in [9.17, 15) is 0 Å². The van der Waals surface area contributed by atoms with Crippen LogP contribution in [0.1, 0.15) is 23.1 Å². The van der Waals surface area contributed by atoms with Crippen LogP contribution in [0.2, 0.25) is 0 Å². The number of rotatable bonds is 1. The summed E-state index contributed by atoms with van der Waals surface area (Å²) in [7, 11) is 2.15. The molecule has 24 heavy (non-hydrogen) atoms. The maximum Gasteiger partial charge on any atom is 0.216 e. The van der Waals surface area contributed by atoms with E-state index in [-0.39, 0.29) is 0 Å². The fraction of sp³-hybridized carbons (Fsp3) is 0.227. The highest BCUT2D eigenvalue weighted by molar-refractivity contribution is 6.09. The molecule has 2 aromatic carbocycles. The van der Waals surface area contributed by atoms with Gasteiger partial charge < -0.3 is 4.42 Å². The Hall–Kier alpha value is -2.61. The first-order chi connectivity index (χ1) is 11.7. The summed E-state index contributed by atoms with van der Waals surface area (Å²) >= 11 is 0. The summed E-state index contributed by atoms with van der Waals surface area (Å²) in [5.41, 5.74) is 8.69. The number of fused-ring (bicyclic) bond motifs is 4.